The Morgan fingerprint density at radius 2 is 1.45 bits per heavy atom. The largest absolute Gasteiger partial charge is 0.504 e. The zero-order valence-electron chi connectivity index (χ0n) is 13.1. The van der Waals surface area contributed by atoms with Crippen LogP contribution in [0.3, 0.4) is 0 Å². The van der Waals surface area contributed by atoms with Gasteiger partial charge in [0.2, 0.25) is 19.6 Å². The minimum absolute atomic E-state index is 0.624. The highest BCUT2D eigenvalue weighted by atomic mass is 35.6. The highest BCUT2D eigenvalue weighted by Crippen LogP contribution is 2.59. The number of carboxylic acids is 1. The number of aromatic carboxylic acids is 1. The Morgan fingerprint density at radius 1 is 0.931 bits per heavy atom. The molecule has 1 aliphatic rings. The third kappa shape index (κ3) is 5.17. The first-order valence-corrected chi connectivity index (χ1v) is 10.3. The van der Waals surface area contributed by atoms with Crippen molar-refractivity contribution < 1.29 is 34.7 Å². The van der Waals surface area contributed by atoms with Gasteiger partial charge in [-0.25, -0.2) is 4.79 Å². The Morgan fingerprint density at radius 3 is 1.83 bits per heavy atom. The summed E-state index contributed by atoms with van der Waals surface area (Å²) in [6.45, 7) is 0. The van der Waals surface area contributed by atoms with E-state index >= 15 is 0 Å². The molecule has 7 nitrogen and oxygen atoms in total. The Balaban J connectivity index is 2.96. The van der Waals surface area contributed by atoms with Crippen molar-refractivity contribution in [1.29, 1.82) is 0 Å². The van der Waals surface area contributed by atoms with Crippen LogP contribution >= 0.6 is 104 Å². The number of fused-ring (bicyclic) bond motifs is 1. The van der Waals surface area contributed by atoms with Gasteiger partial charge in [0.05, 0.1) is 5.56 Å². The molecule has 2 rings (SSSR count). The summed E-state index contributed by atoms with van der Waals surface area (Å²) in [7, 11) is 0. The van der Waals surface area contributed by atoms with Gasteiger partial charge >= 0.3 is 5.97 Å². The van der Waals surface area contributed by atoms with Gasteiger partial charge in [0, 0.05) is 11.1 Å². The summed E-state index contributed by atoms with van der Waals surface area (Å²) in [6, 6.07) is 0. The van der Waals surface area contributed by atoms with Crippen molar-refractivity contribution in [2.45, 2.75) is 29.9 Å². The Hall–Kier alpha value is 0.620. The smallest absolute Gasteiger partial charge is 0.336 e. The number of aromatic hydroxyl groups is 2. The number of hydrogen-bond donors (Lipinski definition) is 4. The van der Waals surface area contributed by atoms with E-state index in [-0.39, 0.29) is 0 Å². The first-order chi connectivity index (χ1) is 12.9. The fourth-order valence-electron chi connectivity index (χ4n) is 2.48. The van der Waals surface area contributed by atoms with E-state index in [0.717, 1.165) is 0 Å². The molecule has 1 aliphatic heterocycles. The topological polar surface area (TPSA) is 116 Å². The summed E-state index contributed by atoms with van der Waals surface area (Å²) < 4.78 is 3.25. The highest BCUT2D eigenvalue weighted by Gasteiger charge is 2.53. The lowest BCUT2D eigenvalue weighted by Gasteiger charge is -2.39. The van der Waals surface area contributed by atoms with Crippen LogP contribution in [-0.4, -0.2) is 44.1 Å². The van der Waals surface area contributed by atoms with Crippen molar-refractivity contribution in [2.24, 2.45) is 0 Å². The zero-order valence-corrected chi connectivity index (χ0v) is 20.0. The summed E-state index contributed by atoms with van der Waals surface area (Å²) in [6.07, 6.45) is -5.90. The maximum atomic E-state index is 12.0. The van der Waals surface area contributed by atoms with E-state index in [1.54, 1.807) is 0 Å². The molecule has 0 aromatic heterocycles. The molecule has 3 atom stereocenters. The molecule has 1 aromatic carbocycles. The molecular weight excluding hydrogens is 587 g/mol. The number of aliphatic hydroxyl groups excluding tert-OH is 1. The summed E-state index contributed by atoms with van der Waals surface area (Å²) in [5, 5.41) is 40.7. The van der Waals surface area contributed by atoms with E-state index < -0.39 is 69.8 Å². The minimum Gasteiger partial charge on any atom is -0.504 e. The van der Waals surface area contributed by atoms with Crippen molar-refractivity contribution in [3.8, 4) is 17.2 Å². The lowest BCUT2D eigenvalue weighted by molar-refractivity contribution is -0.137. The molecule has 164 valence electrons. The number of carbonyl (C=O) groups is 1. The molecule has 0 aliphatic carbocycles. The molecule has 3 unspecified atom stereocenters. The van der Waals surface area contributed by atoms with E-state index in [9.17, 15) is 25.2 Å². The van der Waals surface area contributed by atoms with Gasteiger partial charge < -0.3 is 29.9 Å². The van der Waals surface area contributed by atoms with Crippen molar-refractivity contribution in [3.63, 3.8) is 0 Å². The summed E-state index contributed by atoms with van der Waals surface area (Å²) in [5.41, 5.74) is -2.47. The molecule has 0 fully saturated rings. The van der Waals surface area contributed by atoms with Crippen molar-refractivity contribution >= 4 is 110 Å². The molecule has 0 saturated heterocycles. The number of benzene rings is 1. The summed E-state index contributed by atoms with van der Waals surface area (Å²) in [4.78, 5) is 12.0. The monoisotopic (exact) mass is 590 g/mol. The first kappa shape index (κ1) is 25.9. The van der Waals surface area contributed by atoms with Crippen LogP contribution in [0.2, 0.25) is 0 Å². The SMILES string of the molecule is O=C(O)c1c(C(O)C(Cl)(Cl)Cl)c(O)c(O)c2c1C(C(Cl)(Cl)Cl)OC(C(Cl)(Cl)Cl)O2. The van der Waals surface area contributed by atoms with Crippen LogP contribution in [0, 0.1) is 0 Å². The van der Waals surface area contributed by atoms with Crippen LogP contribution < -0.4 is 4.74 Å². The first-order valence-electron chi connectivity index (χ1n) is 6.94. The predicted molar refractivity (Wildman–Crippen MR) is 111 cm³/mol. The van der Waals surface area contributed by atoms with Gasteiger partial charge in [-0.1, -0.05) is 104 Å². The number of aliphatic hydroxyl groups is 1. The van der Waals surface area contributed by atoms with E-state index in [1.165, 1.54) is 0 Å². The van der Waals surface area contributed by atoms with Gasteiger partial charge in [-0.15, -0.1) is 0 Å². The molecule has 0 spiro atoms. The van der Waals surface area contributed by atoms with Gasteiger partial charge in [-0.3, -0.25) is 0 Å². The lowest BCUT2D eigenvalue weighted by Crippen LogP contribution is -2.43. The van der Waals surface area contributed by atoms with Crippen LogP contribution in [-0.2, 0) is 4.74 Å². The van der Waals surface area contributed by atoms with Crippen LogP contribution in [0.15, 0.2) is 0 Å². The second-order valence-corrected chi connectivity index (χ2v) is 12.6. The zero-order chi connectivity index (χ0) is 22.7. The fourth-order valence-corrected chi connectivity index (χ4v) is 3.58. The number of phenolic OH excluding ortho intramolecular Hbond substituents is 2. The van der Waals surface area contributed by atoms with E-state index in [4.69, 9.17) is 114 Å². The fraction of sp³-hybridized carbons (Fsp3) is 0.462. The molecule has 0 radical (unpaired) electrons. The third-order valence-electron chi connectivity index (χ3n) is 3.59. The van der Waals surface area contributed by atoms with Crippen LogP contribution in [0.25, 0.3) is 0 Å². The average Bonchev–Trinajstić information content (AvgIpc) is 2.53. The Kier molecular flexibility index (Phi) is 7.60. The number of rotatable bonds is 2. The van der Waals surface area contributed by atoms with Crippen LogP contribution in [0.4, 0.5) is 0 Å². The Bertz CT molecular complexity index is 828. The lowest BCUT2D eigenvalue weighted by atomic mass is 9.91. The maximum absolute atomic E-state index is 12.0. The van der Waals surface area contributed by atoms with E-state index in [2.05, 4.69) is 0 Å². The Labute approximate surface area is 207 Å². The molecule has 0 amide bonds. The quantitative estimate of drug-likeness (QED) is 0.256. The second kappa shape index (κ2) is 8.52. The minimum atomic E-state index is -2.53. The number of phenols is 2. The molecule has 4 N–H and O–H groups in total. The average molecular weight is 594 g/mol. The van der Waals surface area contributed by atoms with E-state index in [0.29, 0.717) is 0 Å². The highest BCUT2D eigenvalue weighted by molar-refractivity contribution is 6.69. The van der Waals surface area contributed by atoms with Crippen molar-refractivity contribution in [1.82, 2.24) is 0 Å². The van der Waals surface area contributed by atoms with Gasteiger partial charge in [-0.05, 0) is 0 Å². The van der Waals surface area contributed by atoms with E-state index in [1.807, 2.05) is 0 Å². The molecule has 1 heterocycles. The maximum Gasteiger partial charge on any atom is 0.336 e. The molecular formula is C13H7Cl9O7. The van der Waals surface area contributed by atoms with Crippen molar-refractivity contribution in [2.75, 3.05) is 0 Å². The number of carboxylic acid groups (broad SMARTS) is 1. The van der Waals surface area contributed by atoms with Gasteiger partial charge in [0.25, 0.3) is 3.79 Å². The van der Waals surface area contributed by atoms with Gasteiger partial charge in [0.1, 0.15) is 12.2 Å². The van der Waals surface area contributed by atoms with Gasteiger partial charge in [-0.2, -0.15) is 0 Å². The second-order valence-electron chi connectivity index (χ2n) is 5.53. The number of halogens is 9. The number of hydrogen-bond acceptors (Lipinski definition) is 6. The molecule has 29 heavy (non-hydrogen) atoms. The number of alkyl halides is 9. The summed E-state index contributed by atoms with van der Waals surface area (Å²) >= 11 is 51.7. The molecule has 0 saturated carbocycles. The van der Waals surface area contributed by atoms with Gasteiger partial charge in [0.15, 0.2) is 11.5 Å². The van der Waals surface area contributed by atoms with Crippen LogP contribution in [0.1, 0.15) is 33.7 Å². The predicted octanol–water partition coefficient (Wildman–Crippen LogP) is 5.72. The summed E-state index contributed by atoms with van der Waals surface area (Å²) in [5.74, 6) is -4.86. The molecule has 1 aromatic rings. The number of ether oxygens (including phenoxy) is 2. The molecule has 16 heteroatoms. The third-order valence-corrected chi connectivity index (χ3v) is 5.34. The van der Waals surface area contributed by atoms with Crippen molar-refractivity contribution in [3.05, 3.63) is 16.7 Å². The normalized spacial score (nSPS) is 21.3. The molecule has 0 bridgehead atoms. The van der Waals surface area contributed by atoms with Crippen LogP contribution in [0.5, 0.6) is 17.2 Å². The standard InChI is InChI=1S/C13H7Cl9O7/c14-11(15,16)7(25)2-1(9(26)27)3-6(5(24)4(2)23)28-10(13(20,21)22)29-8(3)12(17,18)19/h7-8,10,23-25H,(H,26,27).